The molecule has 1 aliphatic rings. The van der Waals surface area contributed by atoms with Gasteiger partial charge in [0.2, 0.25) is 0 Å². The van der Waals surface area contributed by atoms with E-state index < -0.39 is 10.8 Å². The number of ether oxygens (including phenoxy) is 2. The van der Waals surface area contributed by atoms with E-state index in [0.717, 1.165) is 48.7 Å². The zero-order valence-corrected chi connectivity index (χ0v) is 13.9. The Morgan fingerprint density at radius 1 is 1.48 bits per heavy atom. The molecule has 2 atom stereocenters. The molecular formula is C16H25NO3S. The third kappa shape index (κ3) is 4.71. The number of nitrogens with one attached hydrogen (secondary N) is 1. The summed E-state index contributed by atoms with van der Waals surface area (Å²) >= 11 is 0. The van der Waals surface area contributed by atoms with Gasteiger partial charge in [-0.15, -0.1) is 0 Å². The lowest BCUT2D eigenvalue weighted by Crippen LogP contribution is -2.17. The van der Waals surface area contributed by atoms with Crippen molar-refractivity contribution in [3.63, 3.8) is 0 Å². The Kier molecular flexibility index (Phi) is 6.06. The molecule has 1 heterocycles. The molecule has 1 aliphatic heterocycles. The molecule has 1 aromatic rings. The lowest BCUT2D eigenvalue weighted by Gasteiger charge is -2.13. The zero-order valence-electron chi connectivity index (χ0n) is 13.1. The van der Waals surface area contributed by atoms with Gasteiger partial charge in [0.15, 0.2) is 0 Å². The summed E-state index contributed by atoms with van der Waals surface area (Å²) in [5.74, 6) is 2.67. The lowest BCUT2D eigenvalue weighted by atomic mass is 10.1. The van der Waals surface area contributed by atoms with Crippen LogP contribution >= 0.6 is 0 Å². The quantitative estimate of drug-likeness (QED) is 0.748. The van der Waals surface area contributed by atoms with Crippen molar-refractivity contribution in [2.75, 3.05) is 25.2 Å². The first-order chi connectivity index (χ1) is 10.1. The summed E-state index contributed by atoms with van der Waals surface area (Å²) in [5, 5.41) is 3.39. The fourth-order valence-electron chi connectivity index (χ4n) is 2.53. The maximum atomic E-state index is 11.0. The summed E-state index contributed by atoms with van der Waals surface area (Å²) in [6, 6.07) is 4.20. The van der Waals surface area contributed by atoms with Gasteiger partial charge < -0.3 is 14.8 Å². The van der Waals surface area contributed by atoms with Gasteiger partial charge in [0.05, 0.1) is 6.61 Å². The van der Waals surface area contributed by atoms with Crippen molar-refractivity contribution in [3.8, 4) is 11.5 Å². The fourth-order valence-corrected chi connectivity index (χ4v) is 3.08. The third-order valence-electron chi connectivity index (χ3n) is 3.48. The topological polar surface area (TPSA) is 47.6 Å². The van der Waals surface area contributed by atoms with E-state index in [-0.39, 0.29) is 6.10 Å². The third-order valence-corrected chi connectivity index (χ3v) is 4.34. The van der Waals surface area contributed by atoms with Crippen molar-refractivity contribution in [3.05, 3.63) is 23.3 Å². The largest absolute Gasteiger partial charge is 0.494 e. The molecule has 21 heavy (non-hydrogen) atoms. The van der Waals surface area contributed by atoms with Gasteiger partial charge in [-0.2, -0.15) is 0 Å². The average Bonchev–Trinajstić information content (AvgIpc) is 2.77. The molecule has 0 fully saturated rings. The van der Waals surface area contributed by atoms with Crippen LogP contribution in [0.3, 0.4) is 0 Å². The first-order valence-electron chi connectivity index (χ1n) is 7.56. The highest BCUT2D eigenvalue weighted by Gasteiger charge is 2.21. The standard InChI is InChI=1S/C16H25NO3S/c1-4-19-15-9-13-8-12(2)20-16(13)10-14(15)11-17-6-5-7-21(3)18/h9-10,12,17H,4-8,11H2,1-3H3. The van der Waals surface area contributed by atoms with Crippen molar-refractivity contribution in [1.29, 1.82) is 0 Å². The molecule has 5 heteroatoms. The van der Waals surface area contributed by atoms with E-state index in [1.807, 2.05) is 6.92 Å². The van der Waals surface area contributed by atoms with Crippen LogP contribution in [0, 0.1) is 0 Å². The Hall–Kier alpha value is -1.07. The molecule has 2 rings (SSSR count). The van der Waals surface area contributed by atoms with E-state index in [1.54, 1.807) is 6.26 Å². The normalized spacial score (nSPS) is 18.1. The van der Waals surface area contributed by atoms with Crippen molar-refractivity contribution < 1.29 is 13.7 Å². The Labute approximate surface area is 129 Å². The van der Waals surface area contributed by atoms with Crippen molar-refractivity contribution >= 4 is 10.8 Å². The second-order valence-electron chi connectivity index (χ2n) is 5.44. The van der Waals surface area contributed by atoms with E-state index in [0.29, 0.717) is 6.61 Å². The highest BCUT2D eigenvalue weighted by Crippen LogP contribution is 2.35. The van der Waals surface area contributed by atoms with Gasteiger partial charge in [0.1, 0.15) is 17.6 Å². The van der Waals surface area contributed by atoms with Crippen LogP contribution in [0.4, 0.5) is 0 Å². The van der Waals surface area contributed by atoms with E-state index >= 15 is 0 Å². The number of hydrogen-bond donors (Lipinski definition) is 1. The molecule has 1 N–H and O–H groups in total. The van der Waals surface area contributed by atoms with Crippen LogP contribution in [0.5, 0.6) is 11.5 Å². The van der Waals surface area contributed by atoms with Crippen LogP contribution in [-0.2, 0) is 23.8 Å². The van der Waals surface area contributed by atoms with Gasteiger partial charge >= 0.3 is 0 Å². The van der Waals surface area contributed by atoms with Crippen LogP contribution in [-0.4, -0.2) is 35.5 Å². The molecule has 0 spiro atoms. The predicted molar refractivity (Wildman–Crippen MR) is 86.7 cm³/mol. The van der Waals surface area contributed by atoms with E-state index in [4.69, 9.17) is 9.47 Å². The first-order valence-corrected chi connectivity index (χ1v) is 9.29. The number of fused-ring (bicyclic) bond motifs is 1. The monoisotopic (exact) mass is 311 g/mol. The maximum Gasteiger partial charge on any atom is 0.124 e. The van der Waals surface area contributed by atoms with Crippen LogP contribution < -0.4 is 14.8 Å². The zero-order chi connectivity index (χ0) is 15.2. The number of rotatable bonds is 8. The molecule has 2 unspecified atom stereocenters. The molecule has 1 aromatic carbocycles. The van der Waals surface area contributed by atoms with Crippen LogP contribution in [0.1, 0.15) is 31.4 Å². The molecule has 118 valence electrons. The summed E-state index contributed by atoms with van der Waals surface area (Å²) in [6.45, 7) is 6.36. The highest BCUT2D eigenvalue weighted by atomic mass is 32.2. The molecule has 0 bridgehead atoms. The van der Waals surface area contributed by atoms with Gasteiger partial charge in [-0.05, 0) is 38.9 Å². The minimum Gasteiger partial charge on any atom is -0.494 e. The van der Waals surface area contributed by atoms with Gasteiger partial charge in [-0.3, -0.25) is 4.21 Å². The predicted octanol–water partition coefficient (Wildman–Crippen LogP) is 2.27. The molecule has 0 saturated carbocycles. The Morgan fingerprint density at radius 3 is 3.00 bits per heavy atom. The summed E-state index contributed by atoms with van der Waals surface area (Å²) in [7, 11) is -0.710. The smallest absolute Gasteiger partial charge is 0.124 e. The van der Waals surface area contributed by atoms with Crippen LogP contribution in [0.15, 0.2) is 12.1 Å². The molecule has 0 saturated heterocycles. The number of hydrogen-bond acceptors (Lipinski definition) is 4. The molecule has 0 aromatic heterocycles. The van der Waals surface area contributed by atoms with Crippen LogP contribution in [0.25, 0.3) is 0 Å². The lowest BCUT2D eigenvalue weighted by molar-refractivity contribution is 0.254. The molecule has 4 nitrogen and oxygen atoms in total. The summed E-state index contributed by atoms with van der Waals surface area (Å²) in [6.07, 6.45) is 3.86. The number of benzene rings is 1. The Morgan fingerprint density at radius 2 is 2.29 bits per heavy atom. The van der Waals surface area contributed by atoms with Gasteiger partial charge in [0.25, 0.3) is 0 Å². The first kappa shape index (κ1) is 16.3. The minimum absolute atomic E-state index is 0.247. The molecule has 0 radical (unpaired) electrons. The molecular weight excluding hydrogens is 286 g/mol. The Bertz CT molecular complexity index is 505. The van der Waals surface area contributed by atoms with Crippen LogP contribution in [0.2, 0.25) is 0 Å². The summed E-state index contributed by atoms with van der Waals surface area (Å²) < 4.78 is 22.6. The second kappa shape index (κ2) is 7.80. The summed E-state index contributed by atoms with van der Waals surface area (Å²) in [5.41, 5.74) is 2.36. The van der Waals surface area contributed by atoms with E-state index in [1.165, 1.54) is 5.56 Å². The van der Waals surface area contributed by atoms with Gasteiger partial charge in [-0.1, -0.05) is 0 Å². The maximum absolute atomic E-state index is 11.0. The fraction of sp³-hybridized carbons (Fsp3) is 0.625. The van der Waals surface area contributed by atoms with Crippen molar-refractivity contribution in [2.24, 2.45) is 0 Å². The van der Waals surface area contributed by atoms with Gasteiger partial charge in [0, 0.05) is 46.9 Å². The van der Waals surface area contributed by atoms with E-state index in [2.05, 4.69) is 24.4 Å². The second-order valence-corrected chi connectivity index (χ2v) is 7.00. The minimum atomic E-state index is -0.710. The molecule has 0 amide bonds. The SMILES string of the molecule is CCOc1cc2c(cc1CNCCCS(C)=O)OC(C)C2. The Balaban J connectivity index is 1.97. The van der Waals surface area contributed by atoms with Gasteiger partial charge in [-0.25, -0.2) is 0 Å². The molecule has 0 aliphatic carbocycles. The van der Waals surface area contributed by atoms with Crippen molar-refractivity contribution in [1.82, 2.24) is 5.32 Å². The van der Waals surface area contributed by atoms with Crippen molar-refractivity contribution in [2.45, 2.75) is 39.3 Å². The summed E-state index contributed by atoms with van der Waals surface area (Å²) in [4.78, 5) is 0. The highest BCUT2D eigenvalue weighted by molar-refractivity contribution is 7.84. The van der Waals surface area contributed by atoms with E-state index in [9.17, 15) is 4.21 Å². The average molecular weight is 311 g/mol.